The van der Waals surface area contributed by atoms with Crippen LogP contribution in [0.1, 0.15) is 12.5 Å². The Bertz CT molecular complexity index is 1030. The first-order chi connectivity index (χ1) is 14.0. The molecule has 3 aromatic rings. The van der Waals surface area contributed by atoms with Crippen LogP contribution in [0.3, 0.4) is 0 Å². The van der Waals surface area contributed by atoms with Crippen molar-refractivity contribution in [2.75, 3.05) is 0 Å². The van der Waals surface area contributed by atoms with Gasteiger partial charge in [0.2, 0.25) is 0 Å². The van der Waals surface area contributed by atoms with E-state index in [2.05, 4.69) is 6.58 Å². The van der Waals surface area contributed by atoms with Gasteiger partial charge in [0.05, 0.1) is 0 Å². The third kappa shape index (κ3) is 5.78. The van der Waals surface area contributed by atoms with Crippen molar-refractivity contribution in [1.82, 2.24) is 0 Å². The van der Waals surface area contributed by atoms with Gasteiger partial charge in [-0.25, -0.2) is 9.59 Å². The van der Waals surface area contributed by atoms with Gasteiger partial charge in [0, 0.05) is 11.6 Å². The normalized spacial score (nSPS) is 10.5. The third-order valence-corrected chi connectivity index (χ3v) is 4.03. The van der Waals surface area contributed by atoms with E-state index >= 15 is 0 Å². The van der Waals surface area contributed by atoms with E-state index in [0.29, 0.717) is 17.1 Å². The van der Waals surface area contributed by atoms with E-state index in [1.807, 2.05) is 54.6 Å². The number of esters is 2. The van der Waals surface area contributed by atoms with Gasteiger partial charge >= 0.3 is 11.9 Å². The van der Waals surface area contributed by atoms with Crippen molar-refractivity contribution in [3.8, 4) is 22.6 Å². The van der Waals surface area contributed by atoms with Crippen LogP contribution in [-0.4, -0.2) is 11.9 Å². The zero-order chi connectivity index (χ0) is 20.6. The summed E-state index contributed by atoms with van der Waals surface area (Å²) < 4.78 is 10.3. The third-order valence-electron chi connectivity index (χ3n) is 4.03. The largest absolute Gasteiger partial charge is 0.423 e. The highest BCUT2D eigenvalue weighted by molar-refractivity contribution is 5.89. The zero-order valence-corrected chi connectivity index (χ0v) is 16.0. The van der Waals surface area contributed by atoms with E-state index in [4.69, 9.17) is 9.47 Å². The molecule has 29 heavy (non-hydrogen) atoms. The Morgan fingerprint density at radius 3 is 1.90 bits per heavy atom. The first-order valence-electron chi connectivity index (χ1n) is 9.04. The summed E-state index contributed by atoms with van der Waals surface area (Å²) in [5, 5.41) is 0. The summed E-state index contributed by atoms with van der Waals surface area (Å²) >= 11 is 0. The predicted molar refractivity (Wildman–Crippen MR) is 113 cm³/mol. The zero-order valence-electron chi connectivity index (χ0n) is 16.0. The lowest BCUT2D eigenvalue weighted by atomic mass is 10.0. The van der Waals surface area contributed by atoms with Gasteiger partial charge in [0.1, 0.15) is 11.5 Å². The molecule has 0 spiro atoms. The summed E-state index contributed by atoms with van der Waals surface area (Å²) in [6.07, 6.45) is 3.06. The van der Waals surface area contributed by atoms with Gasteiger partial charge in [-0.2, -0.15) is 0 Å². The number of hydrogen-bond acceptors (Lipinski definition) is 4. The van der Waals surface area contributed by atoms with Crippen LogP contribution in [0.4, 0.5) is 0 Å². The fourth-order valence-electron chi connectivity index (χ4n) is 2.50. The van der Waals surface area contributed by atoms with Crippen LogP contribution < -0.4 is 9.47 Å². The first kappa shape index (κ1) is 19.8. The lowest BCUT2D eigenvalue weighted by molar-refractivity contribution is -0.130. The Morgan fingerprint density at radius 2 is 1.31 bits per heavy atom. The quantitative estimate of drug-likeness (QED) is 0.322. The van der Waals surface area contributed by atoms with E-state index in [9.17, 15) is 9.59 Å². The molecule has 3 rings (SSSR count). The number of carbonyl (C=O) groups excluding carboxylic acids is 2. The van der Waals surface area contributed by atoms with Crippen molar-refractivity contribution >= 4 is 18.0 Å². The number of benzene rings is 3. The average molecular weight is 384 g/mol. The molecule has 0 unspecified atom stereocenters. The molecule has 0 fully saturated rings. The van der Waals surface area contributed by atoms with Gasteiger partial charge in [-0.05, 0) is 54.0 Å². The molecule has 4 nitrogen and oxygen atoms in total. The molecule has 0 heterocycles. The van der Waals surface area contributed by atoms with Crippen molar-refractivity contribution in [2.45, 2.75) is 6.92 Å². The summed E-state index contributed by atoms with van der Waals surface area (Å²) in [5.41, 5.74) is 3.45. The second kappa shape index (κ2) is 9.33. The smallest absolute Gasteiger partial charge is 0.338 e. The van der Waals surface area contributed by atoms with Gasteiger partial charge in [0.15, 0.2) is 0 Å². The topological polar surface area (TPSA) is 52.6 Å². The molecule has 0 radical (unpaired) electrons. The second-order valence-electron chi connectivity index (χ2n) is 6.38. The van der Waals surface area contributed by atoms with Crippen LogP contribution in [0.2, 0.25) is 0 Å². The summed E-state index contributed by atoms with van der Waals surface area (Å²) in [4.78, 5) is 23.5. The van der Waals surface area contributed by atoms with E-state index in [-0.39, 0.29) is 0 Å². The number of carbonyl (C=O) groups is 2. The molecule has 0 aromatic heterocycles. The van der Waals surface area contributed by atoms with Gasteiger partial charge in [-0.3, -0.25) is 0 Å². The summed E-state index contributed by atoms with van der Waals surface area (Å²) in [5.74, 6) is -0.291. The number of ether oxygens (including phenoxy) is 2. The minimum absolute atomic E-state index is 0.308. The molecule has 0 saturated heterocycles. The molecule has 0 aliphatic rings. The van der Waals surface area contributed by atoms with Crippen molar-refractivity contribution < 1.29 is 19.1 Å². The van der Waals surface area contributed by atoms with Gasteiger partial charge in [-0.1, -0.05) is 61.2 Å². The summed E-state index contributed by atoms with van der Waals surface area (Å²) in [6.45, 7) is 5.09. The highest BCUT2D eigenvalue weighted by Crippen LogP contribution is 2.20. The first-order valence-corrected chi connectivity index (χ1v) is 9.04. The maximum absolute atomic E-state index is 12.0. The molecule has 0 N–H and O–H groups in total. The lowest BCUT2D eigenvalue weighted by Crippen LogP contribution is -2.08. The predicted octanol–water partition coefficient (Wildman–Crippen LogP) is 5.45. The van der Waals surface area contributed by atoms with Crippen molar-refractivity contribution in [1.29, 1.82) is 0 Å². The summed E-state index contributed by atoms with van der Waals surface area (Å²) in [7, 11) is 0. The van der Waals surface area contributed by atoms with Gasteiger partial charge in [0.25, 0.3) is 0 Å². The highest BCUT2D eigenvalue weighted by atomic mass is 16.5. The van der Waals surface area contributed by atoms with E-state index in [1.165, 1.54) is 6.08 Å². The number of hydrogen-bond donors (Lipinski definition) is 0. The molecule has 0 saturated carbocycles. The fourth-order valence-corrected chi connectivity index (χ4v) is 2.50. The minimum Gasteiger partial charge on any atom is -0.423 e. The molecule has 3 aromatic carbocycles. The SMILES string of the molecule is C=C(C)C(=O)Oc1ccc(OC(=O)C=Cc2ccc(-c3ccccc3)cc2)cc1. The molecule has 0 aliphatic heterocycles. The maximum atomic E-state index is 12.0. The van der Waals surface area contributed by atoms with Crippen LogP contribution in [0.5, 0.6) is 11.5 Å². The average Bonchev–Trinajstić information content (AvgIpc) is 2.74. The number of rotatable bonds is 6. The van der Waals surface area contributed by atoms with Crippen molar-refractivity contribution in [2.24, 2.45) is 0 Å². The Hall–Kier alpha value is -3.92. The van der Waals surface area contributed by atoms with Gasteiger partial charge < -0.3 is 9.47 Å². The van der Waals surface area contributed by atoms with Crippen LogP contribution >= 0.6 is 0 Å². The molecule has 0 aliphatic carbocycles. The fraction of sp³-hybridized carbons (Fsp3) is 0.0400. The Kier molecular flexibility index (Phi) is 6.38. The van der Waals surface area contributed by atoms with E-state index < -0.39 is 11.9 Å². The molecular weight excluding hydrogens is 364 g/mol. The molecule has 0 atom stereocenters. The van der Waals surface area contributed by atoms with Crippen LogP contribution in [0, 0.1) is 0 Å². The molecule has 4 heteroatoms. The van der Waals surface area contributed by atoms with Crippen LogP contribution in [0.25, 0.3) is 17.2 Å². The summed E-state index contributed by atoms with van der Waals surface area (Å²) in [6, 6.07) is 24.2. The molecular formula is C25H20O4. The second-order valence-corrected chi connectivity index (χ2v) is 6.38. The van der Waals surface area contributed by atoms with Crippen molar-refractivity contribution in [3.05, 3.63) is 103 Å². The van der Waals surface area contributed by atoms with Crippen LogP contribution in [-0.2, 0) is 9.59 Å². The molecule has 144 valence electrons. The van der Waals surface area contributed by atoms with E-state index in [1.54, 1.807) is 37.3 Å². The Morgan fingerprint density at radius 1 is 0.759 bits per heavy atom. The standard InChI is InChI=1S/C25H20O4/c1-18(2)25(27)29-23-15-13-22(14-16-23)28-24(26)17-10-19-8-11-21(12-9-19)20-6-4-3-5-7-20/h3-17H,1H2,2H3. The van der Waals surface area contributed by atoms with Crippen LogP contribution in [0.15, 0.2) is 97.1 Å². The highest BCUT2D eigenvalue weighted by Gasteiger charge is 2.06. The minimum atomic E-state index is -0.504. The van der Waals surface area contributed by atoms with Gasteiger partial charge in [-0.15, -0.1) is 0 Å². The molecule has 0 amide bonds. The van der Waals surface area contributed by atoms with E-state index in [0.717, 1.165) is 16.7 Å². The lowest BCUT2D eigenvalue weighted by Gasteiger charge is -2.05. The monoisotopic (exact) mass is 384 g/mol. The maximum Gasteiger partial charge on any atom is 0.338 e. The molecule has 0 bridgehead atoms. The van der Waals surface area contributed by atoms with Crippen molar-refractivity contribution in [3.63, 3.8) is 0 Å². The Labute approximate surface area is 169 Å². The Balaban J connectivity index is 1.57.